The Morgan fingerprint density at radius 3 is 2.75 bits per heavy atom. The predicted octanol–water partition coefficient (Wildman–Crippen LogP) is 1.89. The number of ether oxygens (including phenoxy) is 2. The van der Waals surface area contributed by atoms with E-state index in [2.05, 4.69) is 6.07 Å². The van der Waals surface area contributed by atoms with E-state index in [-0.39, 0.29) is 0 Å². The Balaban J connectivity index is 2.01. The molecule has 1 aromatic rings. The van der Waals surface area contributed by atoms with Crippen LogP contribution < -0.4 is 0 Å². The molecule has 3 heteroatoms. The second-order valence-electron chi connectivity index (χ2n) is 4.54. The molecule has 1 saturated heterocycles. The maximum Gasteiger partial charge on any atom is 0.195 e. The third kappa shape index (κ3) is 1.39. The van der Waals surface area contributed by atoms with E-state index in [0.717, 1.165) is 24.0 Å². The Labute approximate surface area is 95.0 Å². The second kappa shape index (κ2) is 3.55. The summed E-state index contributed by atoms with van der Waals surface area (Å²) in [6.45, 7) is 3.14. The van der Waals surface area contributed by atoms with E-state index < -0.39 is 11.9 Å². The van der Waals surface area contributed by atoms with E-state index in [4.69, 9.17) is 9.47 Å². The van der Waals surface area contributed by atoms with Crippen LogP contribution in [0.3, 0.4) is 0 Å². The monoisotopic (exact) mass is 220 g/mol. The highest BCUT2D eigenvalue weighted by Crippen LogP contribution is 2.43. The van der Waals surface area contributed by atoms with Crippen molar-refractivity contribution in [3.05, 3.63) is 34.9 Å². The lowest BCUT2D eigenvalue weighted by atomic mass is 10.0. The second-order valence-corrected chi connectivity index (χ2v) is 4.54. The van der Waals surface area contributed by atoms with E-state index >= 15 is 0 Å². The number of fused-ring (bicyclic) bond motifs is 2. The van der Waals surface area contributed by atoms with Gasteiger partial charge < -0.3 is 14.6 Å². The number of aliphatic hydroxyl groups is 1. The van der Waals surface area contributed by atoms with Crippen molar-refractivity contribution in [2.75, 3.05) is 13.2 Å². The highest BCUT2D eigenvalue weighted by atomic mass is 16.7. The quantitative estimate of drug-likeness (QED) is 0.785. The van der Waals surface area contributed by atoms with Crippen molar-refractivity contribution in [3.8, 4) is 0 Å². The molecule has 1 fully saturated rings. The van der Waals surface area contributed by atoms with Crippen molar-refractivity contribution in [2.24, 2.45) is 0 Å². The summed E-state index contributed by atoms with van der Waals surface area (Å²) in [5.41, 5.74) is 3.36. The minimum atomic E-state index is -0.480. The van der Waals surface area contributed by atoms with Gasteiger partial charge in [-0.25, -0.2) is 0 Å². The minimum absolute atomic E-state index is 0.410. The Morgan fingerprint density at radius 1 is 1.31 bits per heavy atom. The lowest BCUT2D eigenvalue weighted by Crippen LogP contribution is -2.23. The van der Waals surface area contributed by atoms with E-state index in [0.29, 0.717) is 13.2 Å². The fourth-order valence-electron chi connectivity index (χ4n) is 2.64. The van der Waals surface area contributed by atoms with Gasteiger partial charge in [0, 0.05) is 12.0 Å². The molecule has 0 aromatic heterocycles. The van der Waals surface area contributed by atoms with E-state index in [1.54, 1.807) is 6.92 Å². The fraction of sp³-hybridized carbons (Fsp3) is 0.538. The van der Waals surface area contributed by atoms with Gasteiger partial charge >= 0.3 is 0 Å². The van der Waals surface area contributed by atoms with Crippen LogP contribution >= 0.6 is 0 Å². The average molecular weight is 220 g/mol. The van der Waals surface area contributed by atoms with Gasteiger partial charge in [0.2, 0.25) is 0 Å². The Bertz CT molecular complexity index is 406. The fourth-order valence-corrected chi connectivity index (χ4v) is 2.64. The normalized spacial score (nSPS) is 23.6. The summed E-state index contributed by atoms with van der Waals surface area (Å²) in [7, 11) is 0. The smallest absolute Gasteiger partial charge is 0.195 e. The maximum absolute atomic E-state index is 9.55. The molecule has 16 heavy (non-hydrogen) atoms. The first-order valence-electron chi connectivity index (χ1n) is 5.80. The van der Waals surface area contributed by atoms with Crippen LogP contribution in [0.1, 0.15) is 36.1 Å². The summed E-state index contributed by atoms with van der Waals surface area (Å²) >= 11 is 0. The average Bonchev–Trinajstić information content (AvgIpc) is 2.88. The van der Waals surface area contributed by atoms with Gasteiger partial charge in [-0.15, -0.1) is 0 Å². The van der Waals surface area contributed by atoms with Gasteiger partial charge in [0.05, 0.1) is 19.3 Å². The SMILES string of the molecule is CC(O)c1ccc2c(c1)CCC21OCCO1. The van der Waals surface area contributed by atoms with Gasteiger partial charge in [0.25, 0.3) is 0 Å². The number of rotatable bonds is 1. The van der Waals surface area contributed by atoms with Crippen LogP contribution in [-0.4, -0.2) is 18.3 Å². The van der Waals surface area contributed by atoms with Gasteiger partial charge in [-0.1, -0.05) is 18.2 Å². The molecule has 1 unspecified atom stereocenters. The molecule has 86 valence electrons. The molecule has 2 aliphatic rings. The Kier molecular flexibility index (Phi) is 2.28. The van der Waals surface area contributed by atoms with Crippen LogP contribution in [0.15, 0.2) is 18.2 Å². The Hall–Kier alpha value is -0.900. The summed E-state index contributed by atoms with van der Waals surface area (Å²) in [6.07, 6.45) is 1.45. The molecule has 3 nitrogen and oxygen atoms in total. The highest BCUT2D eigenvalue weighted by Gasteiger charge is 2.43. The van der Waals surface area contributed by atoms with Gasteiger partial charge in [0.15, 0.2) is 5.79 Å². The van der Waals surface area contributed by atoms with E-state index in [1.807, 2.05) is 12.1 Å². The lowest BCUT2D eigenvalue weighted by Gasteiger charge is -2.23. The van der Waals surface area contributed by atoms with Crippen LogP contribution in [0.2, 0.25) is 0 Å². The molecule has 1 spiro atoms. The third-order valence-corrected chi connectivity index (χ3v) is 3.50. The number of aryl methyl sites for hydroxylation is 1. The standard InChI is InChI=1S/C13H16O3/c1-9(14)10-2-3-12-11(8-10)4-5-13(12)15-6-7-16-13/h2-3,8-9,14H,4-7H2,1H3. The predicted molar refractivity (Wildman–Crippen MR) is 59.0 cm³/mol. The summed E-state index contributed by atoms with van der Waals surface area (Å²) in [6, 6.07) is 6.07. The van der Waals surface area contributed by atoms with Crippen LogP contribution in [0, 0.1) is 0 Å². The first-order valence-corrected chi connectivity index (χ1v) is 5.80. The first-order chi connectivity index (χ1) is 7.71. The van der Waals surface area contributed by atoms with Gasteiger partial charge in [-0.3, -0.25) is 0 Å². The van der Waals surface area contributed by atoms with Crippen molar-refractivity contribution < 1.29 is 14.6 Å². The molecule has 0 bridgehead atoms. The molecule has 0 amide bonds. The van der Waals surface area contributed by atoms with E-state index in [1.165, 1.54) is 5.56 Å². The summed E-state index contributed by atoms with van der Waals surface area (Å²) in [5.74, 6) is -0.480. The molecule has 1 N–H and O–H groups in total. The highest BCUT2D eigenvalue weighted by molar-refractivity contribution is 5.40. The molecule has 1 aliphatic heterocycles. The minimum Gasteiger partial charge on any atom is -0.389 e. The van der Waals surface area contributed by atoms with E-state index in [9.17, 15) is 5.11 Å². The molecule has 0 radical (unpaired) electrons. The van der Waals surface area contributed by atoms with Crippen LogP contribution in [-0.2, 0) is 21.7 Å². The molecular weight excluding hydrogens is 204 g/mol. The van der Waals surface area contributed by atoms with Crippen molar-refractivity contribution >= 4 is 0 Å². The largest absolute Gasteiger partial charge is 0.389 e. The van der Waals surface area contributed by atoms with Gasteiger partial charge in [0.1, 0.15) is 0 Å². The zero-order valence-electron chi connectivity index (χ0n) is 9.40. The maximum atomic E-state index is 9.55. The van der Waals surface area contributed by atoms with Crippen molar-refractivity contribution in [1.29, 1.82) is 0 Å². The molecule has 0 saturated carbocycles. The van der Waals surface area contributed by atoms with Crippen LogP contribution in [0.4, 0.5) is 0 Å². The molecule has 1 aromatic carbocycles. The lowest BCUT2D eigenvalue weighted by molar-refractivity contribution is -0.163. The topological polar surface area (TPSA) is 38.7 Å². The third-order valence-electron chi connectivity index (χ3n) is 3.50. The molecule has 1 atom stereocenters. The number of benzene rings is 1. The number of aliphatic hydroxyl groups excluding tert-OH is 1. The zero-order chi connectivity index (χ0) is 11.2. The summed E-state index contributed by atoms with van der Waals surface area (Å²) in [5, 5.41) is 9.55. The van der Waals surface area contributed by atoms with Crippen molar-refractivity contribution in [2.45, 2.75) is 31.7 Å². The number of hydrogen-bond acceptors (Lipinski definition) is 3. The van der Waals surface area contributed by atoms with Crippen LogP contribution in [0.5, 0.6) is 0 Å². The molecular formula is C13H16O3. The molecule has 3 rings (SSSR count). The molecule has 1 aliphatic carbocycles. The Morgan fingerprint density at radius 2 is 2.06 bits per heavy atom. The summed E-state index contributed by atoms with van der Waals surface area (Å²) in [4.78, 5) is 0. The zero-order valence-corrected chi connectivity index (χ0v) is 9.40. The van der Waals surface area contributed by atoms with Gasteiger partial charge in [-0.05, 0) is 24.5 Å². The van der Waals surface area contributed by atoms with Gasteiger partial charge in [-0.2, -0.15) is 0 Å². The van der Waals surface area contributed by atoms with Crippen LogP contribution in [0.25, 0.3) is 0 Å². The first kappa shape index (κ1) is 10.3. The number of hydrogen-bond donors (Lipinski definition) is 1. The van der Waals surface area contributed by atoms with Crippen molar-refractivity contribution in [1.82, 2.24) is 0 Å². The van der Waals surface area contributed by atoms with Crippen molar-refractivity contribution in [3.63, 3.8) is 0 Å². The molecule has 1 heterocycles. The summed E-state index contributed by atoms with van der Waals surface area (Å²) < 4.78 is 11.5.